The molecule has 3 aromatic rings. The van der Waals surface area contributed by atoms with E-state index in [1.54, 1.807) is 28.6 Å². The molecule has 30 heavy (non-hydrogen) atoms. The summed E-state index contributed by atoms with van der Waals surface area (Å²) in [6, 6.07) is 1.54. The molecule has 0 aliphatic carbocycles. The van der Waals surface area contributed by atoms with E-state index in [1.807, 2.05) is 13.8 Å². The predicted octanol–water partition coefficient (Wildman–Crippen LogP) is 2.47. The fourth-order valence-corrected chi connectivity index (χ4v) is 4.19. The number of methoxy groups -OCH3 is 1. The number of carbonyl (C=O) groups excluding carboxylic acids is 3. The second-order valence-electron chi connectivity index (χ2n) is 6.44. The molecule has 0 radical (unpaired) electrons. The van der Waals surface area contributed by atoms with Gasteiger partial charge in [-0.1, -0.05) is 0 Å². The quantitative estimate of drug-likeness (QED) is 0.505. The van der Waals surface area contributed by atoms with E-state index >= 15 is 0 Å². The molecule has 10 nitrogen and oxygen atoms in total. The summed E-state index contributed by atoms with van der Waals surface area (Å²) < 4.78 is 9.00. The van der Waals surface area contributed by atoms with Crippen LogP contribution in [0.15, 0.2) is 16.7 Å². The maximum absolute atomic E-state index is 12.7. The fourth-order valence-electron chi connectivity index (χ4n) is 2.86. The van der Waals surface area contributed by atoms with Gasteiger partial charge in [0.1, 0.15) is 11.7 Å². The molecule has 3 N–H and O–H groups in total. The number of primary amides is 1. The van der Waals surface area contributed by atoms with Crippen molar-refractivity contribution >= 4 is 50.1 Å². The van der Waals surface area contributed by atoms with Crippen LogP contribution in [0.5, 0.6) is 0 Å². The van der Waals surface area contributed by atoms with Gasteiger partial charge in [-0.15, -0.1) is 11.3 Å². The van der Waals surface area contributed by atoms with E-state index in [1.165, 1.54) is 7.11 Å². The van der Waals surface area contributed by atoms with Crippen LogP contribution in [-0.2, 0) is 11.4 Å². The van der Waals surface area contributed by atoms with Crippen LogP contribution in [0.1, 0.15) is 47.5 Å². The first-order valence-electron chi connectivity index (χ1n) is 8.69. The highest BCUT2D eigenvalue weighted by atomic mass is 79.9. The number of rotatable bonds is 6. The Kier molecular flexibility index (Phi) is 6.08. The lowest BCUT2D eigenvalue weighted by Gasteiger charge is -2.06. The van der Waals surface area contributed by atoms with Gasteiger partial charge in [0.25, 0.3) is 11.8 Å². The summed E-state index contributed by atoms with van der Waals surface area (Å²) >= 11 is 4.39. The molecule has 0 atom stereocenters. The van der Waals surface area contributed by atoms with Crippen molar-refractivity contribution in [2.75, 3.05) is 12.4 Å². The lowest BCUT2D eigenvalue weighted by molar-refractivity contribution is 0.0601. The molecule has 2 amide bonds. The van der Waals surface area contributed by atoms with Crippen molar-refractivity contribution in [2.45, 2.75) is 27.4 Å². The summed E-state index contributed by atoms with van der Waals surface area (Å²) in [7, 11) is 1.22. The zero-order valence-corrected chi connectivity index (χ0v) is 19.0. The minimum Gasteiger partial charge on any atom is -0.465 e. The van der Waals surface area contributed by atoms with Gasteiger partial charge in [0.05, 0.1) is 33.4 Å². The first-order valence-corrected chi connectivity index (χ1v) is 10.3. The normalized spacial score (nSPS) is 10.8. The Morgan fingerprint density at radius 1 is 1.27 bits per heavy atom. The summed E-state index contributed by atoms with van der Waals surface area (Å²) in [5.74, 6) is -1.90. The maximum atomic E-state index is 12.7. The highest BCUT2D eigenvalue weighted by Crippen LogP contribution is 2.33. The number of nitrogens with two attached hydrogens (primary N) is 1. The molecule has 0 aliphatic rings. The van der Waals surface area contributed by atoms with Gasteiger partial charge < -0.3 is 15.8 Å². The zero-order valence-electron chi connectivity index (χ0n) is 16.6. The molecule has 0 bridgehead atoms. The molecule has 3 heterocycles. The largest absolute Gasteiger partial charge is 0.465 e. The van der Waals surface area contributed by atoms with E-state index in [-0.39, 0.29) is 21.1 Å². The summed E-state index contributed by atoms with van der Waals surface area (Å²) in [5.41, 5.74) is 7.74. The first-order chi connectivity index (χ1) is 14.1. The van der Waals surface area contributed by atoms with Gasteiger partial charge >= 0.3 is 5.97 Å². The third-order valence-electron chi connectivity index (χ3n) is 4.43. The molecule has 0 saturated heterocycles. The highest BCUT2D eigenvalue weighted by molar-refractivity contribution is 9.10. The average Bonchev–Trinajstić information content (AvgIpc) is 3.35. The Labute approximate surface area is 184 Å². The van der Waals surface area contributed by atoms with Crippen molar-refractivity contribution in [3.05, 3.63) is 49.8 Å². The van der Waals surface area contributed by atoms with Gasteiger partial charge in [-0.05, 0) is 48.3 Å². The van der Waals surface area contributed by atoms with Gasteiger partial charge in [-0.3, -0.25) is 14.3 Å². The molecular weight excluding hydrogens is 476 g/mol. The van der Waals surface area contributed by atoms with Gasteiger partial charge in [-0.25, -0.2) is 9.48 Å². The number of hydrogen-bond acceptors (Lipinski definition) is 7. The molecular formula is C18H19BrN6O4S. The van der Waals surface area contributed by atoms with E-state index in [0.29, 0.717) is 12.2 Å². The minimum atomic E-state index is -0.691. The lowest BCUT2D eigenvalue weighted by Crippen LogP contribution is -2.16. The van der Waals surface area contributed by atoms with Crippen LogP contribution in [0.3, 0.4) is 0 Å². The second-order valence-corrected chi connectivity index (χ2v) is 8.25. The number of nitrogens with zero attached hydrogens (tertiary/aromatic N) is 4. The topological polar surface area (TPSA) is 134 Å². The van der Waals surface area contributed by atoms with Crippen LogP contribution in [-0.4, -0.2) is 44.5 Å². The monoisotopic (exact) mass is 494 g/mol. The Bertz CT molecular complexity index is 1160. The Morgan fingerprint density at radius 3 is 2.53 bits per heavy atom. The molecule has 3 aromatic heterocycles. The van der Waals surface area contributed by atoms with Gasteiger partial charge in [0, 0.05) is 6.20 Å². The average molecular weight is 495 g/mol. The number of esters is 1. The zero-order chi connectivity index (χ0) is 22.2. The molecule has 0 fully saturated rings. The molecule has 158 valence electrons. The molecule has 0 unspecified atom stereocenters. The molecule has 3 rings (SSSR count). The van der Waals surface area contributed by atoms with E-state index in [0.717, 1.165) is 27.2 Å². The van der Waals surface area contributed by atoms with Crippen molar-refractivity contribution in [3.63, 3.8) is 0 Å². The lowest BCUT2D eigenvalue weighted by atomic mass is 10.1. The standard InChI is InChI=1S/C18H19BrN6O4S/c1-8-12(18(28)29-4)17(30-14(8)15(20)26)21-16(27)11-5-6-24(23-11)7-25-10(3)13(19)9(2)22-25/h5-6H,7H2,1-4H3,(H2,20,26)(H,21,27). The summed E-state index contributed by atoms with van der Waals surface area (Å²) in [6.45, 7) is 5.70. The van der Waals surface area contributed by atoms with Crippen molar-refractivity contribution in [3.8, 4) is 0 Å². The van der Waals surface area contributed by atoms with Crippen molar-refractivity contribution in [2.24, 2.45) is 5.73 Å². The Balaban J connectivity index is 1.83. The molecule has 12 heteroatoms. The SMILES string of the molecule is COC(=O)c1c(NC(=O)c2ccn(Cn3nc(C)c(Br)c3C)n2)sc(C(N)=O)c1C. The number of hydrogen-bond donors (Lipinski definition) is 2. The van der Waals surface area contributed by atoms with Crippen LogP contribution in [0, 0.1) is 20.8 Å². The van der Waals surface area contributed by atoms with Crippen LogP contribution in [0.25, 0.3) is 0 Å². The number of thiophene rings is 1. The van der Waals surface area contributed by atoms with Gasteiger partial charge in [0.15, 0.2) is 5.69 Å². The molecule has 0 spiro atoms. The molecule has 0 saturated carbocycles. The van der Waals surface area contributed by atoms with Gasteiger partial charge in [0.2, 0.25) is 0 Å². The Morgan fingerprint density at radius 2 is 1.97 bits per heavy atom. The van der Waals surface area contributed by atoms with E-state index in [4.69, 9.17) is 10.5 Å². The van der Waals surface area contributed by atoms with Gasteiger partial charge in [-0.2, -0.15) is 10.2 Å². The number of halogens is 1. The summed E-state index contributed by atoms with van der Waals surface area (Å²) in [6.07, 6.45) is 1.65. The van der Waals surface area contributed by atoms with Crippen molar-refractivity contribution in [1.82, 2.24) is 19.6 Å². The number of aromatic nitrogens is 4. The number of anilines is 1. The van der Waals surface area contributed by atoms with Crippen LogP contribution < -0.4 is 11.1 Å². The molecule has 0 aliphatic heterocycles. The summed E-state index contributed by atoms with van der Waals surface area (Å²) in [5, 5.41) is 11.5. The third kappa shape index (κ3) is 4.00. The Hall–Kier alpha value is -2.99. The number of aryl methyl sites for hydroxylation is 1. The van der Waals surface area contributed by atoms with Crippen LogP contribution in [0.4, 0.5) is 5.00 Å². The van der Waals surface area contributed by atoms with E-state index in [9.17, 15) is 14.4 Å². The van der Waals surface area contributed by atoms with E-state index in [2.05, 4.69) is 31.4 Å². The number of ether oxygens (including phenoxy) is 1. The number of amides is 2. The minimum absolute atomic E-state index is 0.0940. The summed E-state index contributed by atoms with van der Waals surface area (Å²) in [4.78, 5) is 36.6. The first kappa shape index (κ1) is 21.7. The third-order valence-corrected chi connectivity index (χ3v) is 6.80. The smallest absolute Gasteiger partial charge is 0.341 e. The fraction of sp³-hybridized carbons (Fsp3) is 0.278. The van der Waals surface area contributed by atoms with E-state index < -0.39 is 17.8 Å². The maximum Gasteiger partial charge on any atom is 0.341 e. The van der Waals surface area contributed by atoms with Crippen LogP contribution >= 0.6 is 27.3 Å². The number of nitrogens with one attached hydrogen (secondary N) is 1. The van der Waals surface area contributed by atoms with Crippen molar-refractivity contribution < 1.29 is 19.1 Å². The van der Waals surface area contributed by atoms with Crippen LogP contribution in [0.2, 0.25) is 0 Å². The number of carbonyl (C=O) groups is 3. The molecule has 0 aromatic carbocycles. The highest BCUT2D eigenvalue weighted by Gasteiger charge is 2.26. The predicted molar refractivity (Wildman–Crippen MR) is 114 cm³/mol. The second kappa shape index (κ2) is 8.40. The van der Waals surface area contributed by atoms with Crippen molar-refractivity contribution in [1.29, 1.82) is 0 Å².